The van der Waals surface area contributed by atoms with Crippen LogP contribution in [0.25, 0.3) is 0 Å². The van der Waals surface area contributed by atoms with Gasteiger partial charge in [0.2, 0.25) is 0 Å². The molecule has 0 aliphatic carbocycles. The Morgan fingerprint density at radius 2 is 0.741 bits per heavy atom. The number of rotatable bonds is 0. The molecule has 0 bridgehead atoms. The highest BCUT2D eigenvalue weighted by atomic mass is 15.1. The lowest BCUT2D eigenvalue weighted by molar-refractivity contribution is 0.277. The summed E-state index contributed by atoms with van der Waals surface area (Å²) >= 11 is 0. The number of piperidine rings is 2. The third-order valence-corrected chi connectivity index (χ3v) is 11.2. The minimum Gasteiger partial charge on any atom is -0.374 e. The highest BCUT2D eigenvalue weighted by molar-refractivity contribution is 5.70. The van der Waals surface area contributed by atoms with E-state index >= 15 is 0 Å². The molecule has 0 amide bonds. The second-order valence-corrected chi connectivity index (χ2v) is 15.5. The number of aryl methyl sites for hydroxylation is 3. The molecule has 294 valence electrons. The van der Waals surface area contributed by atoms with E-state index in [4.69, 9.17) is 0 Å². The van der Waals surface area contributed by atoms with Crippen molar-refractivity contribution in [2.45, 2.75) is 91.0 Å². The number of likely N-dealkylation sites (tertiary alicyclic amines) is 2. The van der Waals surface area contributed by atoms with Gasteiger partial charge in [-0.05, 0) is 151 Å². The summed E-state index contributed by atoms with van der Waals surface area (Å²) in [7, 11) is 10.9. The van der Waals surface area contributed by atoms with Crippen LogP contribution in [0.5, 0.6) is 0 Å². The molecule has 0 atom stereocenters. The molecule has 0 aromatic heterocycles. The molecule has 0 saturated carbocycles. The molecule has 2 fully saturated rings. The van der Waals surface area contributed by atoms with Gasteiger partial charge in [0, 0.05) is 50.8 Å². The smallest absolute Gasteiger partial charge is 0.0440 e. The Bertz CT molecular complexity index is 1540. The number of hydrogen-bond donors (Lipinski definition) is 0. The lowest BCUT2D eigenvalue weighted by Crippen LogP contribution is -2.26. The maximum atomic E-state index is 2.39. The van der Waals surface area contributed by atoms with Crippen molar-refractivity contribution >= 4 is 17.1 Å². The van der Waals surface area contributed by atoms with Crippen LogP contribution in [0.3, 0.4) is 0 Å². The monoisotopic (exact) mass is 732 g/mol. The predicted molar refractivity (Wildman–Crippen MR) is 237 cm³/mol. The topological polar surface area (TPSA) is 16.2 Å². The molecule has 2 saturated heterocycles. The van der Waals surface area contributed by atoms with Gasteiger partial charge in [-0.2, -0.15) is 0 Å². The summed E-state index contributed by atoms with van der Waals surface area (Å²) in [4.78, 5) is 11.8. The van der Waals surface area contributed by atoms with Crippen LogP contribution < -0.4 is 9.80 Å². The molecule has 54 heavy (non-hydrogen) atoms. The Labute approximate surface area is 331 Å². The van der Waals surface area contributed by atoms with Gasteiger partial charge in [-0.15, -0.1) is 0 Å². The molecule has 5 nitrogen and oxygen atoms in total. The molecule has 0 unspecified atom stereocenters. The average Bonchev–Trinajstić information content (AvgIpc) is 3.36. The Morgan fingerprint density at radius 3 is 1.19 bits per heavy atom. The second-order valence-electron chi connectivity index (χ2n) is 15.5. The summed E-state index contributed by atoms with van der Waals surface area (Å²) in [6, 6.07) is 34.7. The van der Waals surface area contributed by atoms with Crippen LogP contribution in [0.4, 0.5) is 17.1 Å². The first-order chi connectivity index (χ1) is 26.4. The summed E-state index contributed by atoms with van der Waals surface area (Å²) in [6.07, 6.45) is 14.6. The molecular weight excluding hydrogens is 659 g/mol. The molecule has 9 rings (SSSR count). The normalized spacial score (nSPS) is 17.8. The van der Waals surface area contributed by atoms with Gasteiger partial charge < -0.3 is 24.5 Å². The zero-order valence-corrected chi connectivity index (χ0v) is 35.2. The van der Waals surface area contributed by atoms with Crippen molar-refractivity contribution < 1.29 is 0 Å². The lowest BCUT2D eigenvalue weighted by Gasteiger charge is -2.26. The van der Waals surface area contributed by atoms with E-state index in [-0.39, 0.29) is 0 Å². The standard InChI is InChI=1S/C15H15N.2C10H13N.2C6H13N.C2H6/c1-16-14-8-4-2-6-12(14)10-11-13-7-3-5-9-15(13)16;1-11-8-4-6-9-5-2-3-7-10(9)11;1-11-7-6-9-4-2-3-5-10(9)8-11;2*1-7-5-3-2-4-6-7;1-2/h2-9H,10-11H2,1H3;2-3,5,7H,4,6,8H2,1H3;2-5H,6-8H2,1H3;2*2-6H2,1H3;1-2H3. The number of anilines is 3. The van der Waals surface area contributed by atoms with Crippen molar-refractivity contribution in [1.82, 2.24) is 14.7 Å². The van der Waals surface area contributed by atoms with Crippen LogP contribution in [0, 0.1) is 0 Å². The Hall–Kier alpha value is -3.64. The number of benzene rings is 4. The zero-order chi connectivity index (χ0) is 38.5. The second kappa shape index (κ2) is 24.0. The number of nitrogens with zero attached hydrogens (tertiary/aromatic N) is 5. The van der Waals surface area contributed by atoms with E-state index in [1.165, 1.54) is 142 Å². The van der Waals surface area contributed by atoms with Crippen LogP contribution >= 0.6 is 0 Å². The minimum absolute atomic E-state index is 1.12. The first-order valence-electron chi connectivity index (χ1n) is 21.2. The number of para-hydroxylation sites is 3. The van der Waals surface area contributed by atoms with Crippen molar-refractivity contribution in [3.63, 3.8) is 0 Å². The first kappa shape index (κ1) is 43.1. The van der Waals surface area contributed by atoms with E-state index in [9.17, 15) is 0 Å². The minimum atomic E-state index is 1.12. The molecule has 0 N–H and O–H groups in total. The number of fused-ring (bicyclic) bond motifs is 4. The SMILES string of the molecule is CC.CN1CCCCC1.CN1CCCCC1.CN1CCCc2ccccc21.CN1CCc2ccccc2C1.CN1c2ccccc2CCc2ccccc21. The van der Waals surface area contributed by atoms with Gasteiger partial charge >= 0.3 is 0 Å². The third kappa shape index (κ3) is 13.9. The van der Waals surface area contributed by atoms with Gasteiger partial charge in [0.1, 0.15) is 0 Å². The summed E-state index contributed by atoms with van der Waals surface area (Å²) < 4.78 is 0. The molecule has 5 heterocycles. The van der Waals surface area contributed by atoms with Crippen LogP contribution in [0.2, 0.25) is 0 Å². The summed E-state index contributed by atoms with van der Waals surface area (Å²) in [5, 5.41) is 0. The first-order valence-corrected chi connectivity index (χ1v) is 21.2. The Balaban J connectivity index is 0.000000154. The molecule has 5 heteroatoms. The fraction of sp³-hybridized carbons (Fsp3) is 0.510. The van der Waals surface area contributed by atoms with Crippen LogP contribution in [0.15, 0.2) is 97.1 Å². The van der Waals surface area contributed by atoms with E-state index in [0.29, 0.717) is 0 Å². The van der Waals surface area contributed by atoms with Crippen molar-refractivity contribution in [2.24, 2.45) is 0 Å². The molecule has 0 radical (unpaired) electrons. The fourth-order valence-electron chi connectivity index (χ4n) is 7.96. The third-order valence-electron chi connectivity index (χ3n) is 11.2. The number of likely N-dealkylation sites (N-methyl/N-ethyl adjacent to an activating group) is 1. The molecule has 0 spiro atoms. The van der Waals surface area contributed by atoms with Gasteiger partial charge in [-0.25, -0.2) is 0 Å². The van der Waals surface area contributed by atoms with Crippen molar-refractivity contribution in [2.75, 3.05) is 84.3 Å². The van der Waals surface area contributed by atoms with Crippen molar-refractivity contribution in [1.29, 1.82) is 0 Å². The fourth-order valence-corrected chi connectivity index (χ4v) is 7.96. The quantitative estimate of drug-likeness (QED) is 0.178. The molecule has 4 aromatic carbocycles. The van der Waals surface area contributed by atoms with Gasteiger partial charge in [0.25, 0.3) is 0 Å². The Kier molecular flexibility index (Phi) is 19.1. The molecule has 5 aliphatic heterocycles. The van der Waals surface area contributed by atoms with Gasteiger partial charge in [-0.3, -0.25) is 0 Å². The lowest BCUT2D eigenvalue weighted by atomic mass is 10.0. The molecule has 4 aromatic rings. The highest BCUT2D eigenvalue weighted by Crippen LogP contribution is 2.34. The average molecular weight is 732 g/mol. The molecular formula is C49H73N5. The van der Waals surface area contributed by atoms with Gasteiger partial charge in [0.05, 0.1) is 0 Å². The summed E-state index contributed by atoms with van der Waals surface area (Å²) in [6.45, 7) is 12.8. The maximum absolute atomic E-state index is 2.39. The molecule has 5 aliphatic rings. The zero-order valence-electron chi connectivity index (χ0n) is 35.2. The van der Waals surface area contributed by atoms with Gasteiger partial charge in [-0.1, -0.05) is 106 Å². The van der Waals surface area contributed by atoms with Crippen LogP contribution in [0.1, 0.15) is 86.6 Å². The van der Waals surface area contributed by atoms with Crippen molar-refractivity contribution in [3.8, 4) is 0 Å². The van der Waals surface area contributed by atoms with E-state index < -0.39 is 0 Å². The van der Waals surface area contributed by atoms with Crippen LogP contribution in [-0.4, -0.2) is 89.2 Å². The summed E-state index contributed by atoms with van der Waals surface area (Å²) in [5.74, 6) is 0. The van der Waals surface area contributed by atoms with Crippen LogP contribution in [-0.2, 0) is 32.2 Å². The predicted octanol–water partition coefficient (Wildman–Crippen LogP) is 10.5. The van der Waals surface area contributed by atoms with E-state index in [2.05, 4.69) is 157 Å². The maximum Gasteiger partial charge on any atom is 0.0440 e. The summed E-state index contributed by atoms with van der Waals surface area (Å²) in [5.41, 5.74) is 11.5. The van der Waals surface area contributed by atoms with Crippen molar-refractivity contribution in [3.05, 3.63) is 125 Å². The van der Waals surface area contributed by atoms with E-state index in [0.717, 1.165) is 19.4 Å². The van der Waals surface area contributed by atoms with E-state index in [1.807, 2.05) is 13.8 Å². The van der Waals surface area contributed by atoms with E-state index in [1.54, 1.807) is 0 Å². The highest BCUT2D eigenvalue weighted by Gasteiger charge is 2.16. The van der Waals surface area contributed by atoms with Gasteiger partial charge in [0.15, 0.2) is 0 Å². The number of hydrogen-bond acceptors (Lipinski definition) is 5. The Morgan fingerprint density at radius 1 is 0.333 bits per heavy atom. The largest absolute Gasteiger partial charge is 0.374 e.